The molecule has 0 saturated carbocycles. The summed E-state index contributed by atoms with van der Waals surface area (Å²) < 4.78 is 49.0. The molecule has 1 amide bonds. The minimum atomic E-state index is -3.70. The van der Waals surface area contributed by atoms with Gasteiger partial charge in [-0.25, -0.2) is 16.8 Å². The molecule has 0 aliphatic rings. The van der Waals surface area contributed by atoms with Gasteiger partial charge in [0.25, 0.3) is 0 Å². The van der Waals surface area contributed by atoms with Crippen molar-refractivity contribution in [1.29, 1.82) is 0 Å². The molecule has 2 rings (SSSR count). The fourth-order valence-electron chi connectivity index (χ4n) is 2.99. The SMILES string of the molecule is Cc1cccc(N(C(C)C(=O)NC(C)c2ccc(S(C)(=O)=O)cc2)S(C)(=O)=O)c1. The van der Waals surface area contributed by atoms with Crippen molar-refractivity contribution in [2.24, 2.45) is 0 Å². The Morgan fingerprint density at radius 2 is 1.55 bits per heavy atom. The molecule has 158 valence electrons. The first-order valence-electron chi connectivity index (χ1n) is 8.97. The lowest BCUT2D eigenvalue weighted by Gasteiger charge is -2.29. The first-order valence-corrected chi connectivity index (χ1v) is 12.7. The van der Waals surface area contributed by atoms with Gasteiger partial charge in [0.05, 0.1) is 22.9 Å². The summed E-state index contributed by atoms with van der Waals surface area (Å²) in [5, 5.41) is 2.80. The second-order valence-corrected chi connectivity index (χ2v) is 11.0. The van der Waals surface area contributed by atoms with E-state index in [4.69, 9.17) is 0 Å². The predicted octanol–water partition coefficient (Wildman–Crippen LogP) is 2.43. The first-order chi connectivity index (χ1) is 13.3. The monoisotopic (exact) mass is 438 g/mol. The molecule has 2 atom stereocenters. The third kappa shape index (κ3) is 5.80. The van der Waals surface area contributed by atoms with Crippen LogP contribution in [0.25, 0.3) is 0 Å². The number of carbonyl (C=O) groups is 1. The molecule has 2 aromatic rings. The maximum Gasteiger partial charge on any atom is 0.244 e. The molecule has 0 aliphatic carbocycles. The molecular weight excluding hydrogens is 412 g/mol. The Kier molecular flexibility index (Phi) is 6.74. The van der Waals surface area contributed by atoms with Crippen molar-refractivity contribution in [2.75, 3.05) is 16.8 Å². The Bertz CT molecular complexity index is 1090. The summed E-state index contributed by atoms with van der Waals surface area (Å²) in [4.78, 5) is 13.0. The Balaban J connectivity index is 2.23. The van der Waals surface area contributed by atoms with Crippen LogP contribution < -0.4 is 9.62 Å². The zero-order valence-electron chi connectivity index (χ0n) is 17.1. The molecule has 2 unspecified atom stereocenters. The predicted molar refractivity (Wildman–Crippen MR) is 114 cm³/mol. The van der Waals surface area contributed by atoms with Gasteiger partial charge in [0, 0.05) is 6.26 Å². The average molecular weight is 439 g/mol. The Morgan fingerprint density at radius 3 is 2.03 bits per heavy atom. The molecule has 1 N–H and O–H groups in total. The number of anilines is 1. The lowest BCUT2D eigenvalue weighted by Crippen LogP contribution is -2.48. The fourth-order valence-corrected chi connectivity index (χ4v) is 4.79. The van der Waals surface area contributed by atoms with E-state index >= 15 is 0 Å². The molecule has 0 saturated heterocycles. The van der Waals surface area contributed by atoms with E-state index in [0.717, 1.165) is 22.4 Å². The smallest absolute Gasteiger partial charge is 0.244 e. The van der Waals surface area contributed by atoms with Crippen molar-refractivity contribution in [3.8, 4) is 0 Å². The van der Waals surface area contributed by atoms with Crippen molar-refractivity contribution < 1.29 is 21.6 Å². The van der Waals surface area contributed by atoms with Gasteiger partial charge in [-0.05, 0) is 56.2 Å². The summed E-state index contributed by atoms with van der Waals surface area (Å²) >= 11 is 0. The van der Waals surface area contributed by atoms with Gasteiger partial charge in [-0.2, -0.15) is 0 Å². The van der Waals surface area contributed by atoms with E-state index in [1.54, 1.807) is 37.3 Å². The van der Waals surface area contributed by atoms with E-state index in [1.807, 2.05) is 13.0 Å². The van der Waals surface area contributed by atoms with E-state index in [9.17, 15) is 21.6 Å². The lowest BCUT2D eigenvalue weighted by atomic mass is 10.1. The molecule has 0 fully saturated rings. The average Bonchev–Trinajstić information content (AvgIpc) is 2.60. The summed E-state index contributed by atoms with van der Waals surface area (Å²) in [5.41, 5.74) is 2.00. The lowest BCUT2D eigenvalue weighted by molar-refractivity contribution is -0.122. The van der Waals surface area contributed by atoms with Crippen LogP contribution in [0.3, 0.4) is 0 Å². The highest BCUT2D eigenvalue weighted by Crippen LogP contribution is 2.23. The van der Waals surface area contributed by atoms with Gasteiger partial charge in [-0.1, -0.05) is 24.3 Å². The fraction of sp³-hybridized carbons (Fsp3) is 0.350. The molecule has 0 bridgehead atoms. The second-order valence-electron chi connectivity index (χ2n) is 7.15. The number of rotatable bonds is 7. The highest BCUT2D eigenvalue weighted by atomic mass is 32.2. The molecule has 0 aliphatic heterocycles. The number of nitrogens with one attached hydrogen (secondary N) is 1. The Labute approximate surface area is 172 Å². The topological polar surface area (TPSA) is 101 Å². The molecule has 0 heterocycles. The van der Waals surface area contributed by atoms with Crippen molar-refractivity contribution in [3.05, 3.63) is 59.7 Å². The number of benzene rings is 2. The highest BCUT2D eigenvalue weighted by molar-refractivity contribution is 7.92. The van der Waals surface area contributed by atoms with E-state index in [0.29, 0.717) is 11.3 Å². The van der Waals surface area contributed by atoms with Crippen LogP contribution in [-0.2, 0) is 24.7 Å². The van der Waals surface area contributed by atoms with Gasteiger partial charge >= 0.3 is 0 Å². The maximum atomic E-state index is 12.8. The molecule has 7 nitrogen and oxygen atoms in total. The minimum Gasteiger partial charge on any atom is -0.348 e. The van der Waals surface area contributed by atoms with Crippen LogP contribution >= 0.6 is 0 Å². The Morgan fingerprint density at radius 1 is 0.966 bits per heavy atom. The van der Waals surface area contributed by atoms with Crippen LogP contribution in [0, 0.1) is 6.92 Å². The van der Waals surface area contributed by atoms with Crippen LogP contribution in [0.15, 0.2) is 53.4 Å². The highest BCUT2D eigenvalue weighted by Gasteiger charge is 2.30. The largest absolute Gasteiger partial charge is 0.348 e. The zero-order valence-corrected chi connectivity index (χ0v) is 18.7. The van der Waals surface area contributed by atoms with Gasteiger partial charge in [0.15, 0.2) is 9.84 Å². The number of amides is 1. The van der Waals surface area contributed by atoms with E-state index < -0.39 is 37.9 Å². The number of aryl methyl sites for hydroxylation is 1. The first kappa shape index (κ1) is 22.9. The molecule has 29 heavy (non-hydrogen) atoms. The van der Waals surface area contributed by atoms with E-state index in [1.165, 1.54) is 19.1 Å². The second kappa shape index (κ2) is 8.54. The number of carbonyl (C=O) groups excluding carboxylic acids is 1. The summed E-state index contributed by atoms with van der Waals surface area (Å²) in [6.07, 6.45) is 2.19. The number of hydrogen-bond donors (Lipinski definition) is 1. The number of sulfonamides is 1. The van der Waals surface area contributed by atoms with Crippen LogP contribution in [0.5, 0.6) is 0 Å². The number of hydrogen-bond acceptors (Lipinski definition) is 5. The van der Waals surface area contributed by atoms with Crippen LogP contribution in [0.1, 0.15) is 31.0 Å². The molecule has 0 aromatic heterocycles. The third-order valence-electron chi connectivity index (χ3n) is 4.51. The molecule has 0 radical (unpaired) electrons. The normalized spacial score (nSPS) is 14.1. The van der Waals surface area contributed by atoms with Crippen LogP contribution in [0.4, 0.5) is 5.69 Å². The third-order valence-corrected chi connectivity index (χ3v) is 6.88. The molecule has 2 aromatic carbocycles. The summed E-state index contributed by atoms with van der Waals surface area (Å²) in [5.74, 6) is -0.461. The van der Waals surface area contributed by atoms with Gasteiger partial charge in [0.2, 0.25) is 15.9 Å². The summed E-state index contributed by atoms with van der Waals surface area (Å²) in [6.45, 7) is 5.12. The molecule has 0 spiro atoms. The molecular formula is C20H26N2O5S2. The Hall–Kier alpha value is -2.39. The van der Waals surface area contributed by atoms with Gasteiger partial charge in [-0.15, -0.1) is 0 Å². The van der Waals surface area contributed by atoms with Crippen molar-refractivity contribution in [3.63, 3.8) is 0 Å². The maximum absolute atomic E-state index is 12.8. The van der Waals surface area contributed by atoms with Gasteiger partial charge in [-0.3, -0.25) is 9.10 Å². The minimum absolute atomic E-state index is 0.191. The van der Waals surface area contributed by atoms with Crippen LogP contribution in [0.2, 0.25) is 0 Å². The van der Waals surface area contributed by atoms with E-state index in [-0.39, 0.29) is 4.90 Å². The summed E-state index contributed by atoms with van der Waals surface area (Å²) in [7, 11) is -7.00. The van der Waals surface area contributed by atoms with E-state index in [2.05, 4.69) is 5.32 Å². The number of sulfone groups is 1. The van der Waals surface area contributed by atoms with Crippen molar-refractivity contribution in [1.82, 2.24) is 5.32 Å². The summed E-state index contributed by atoms with van der Waals surface area (Å²) in [6, 6.07) is 11.7. The van der Waals surface area contributed by atoms with Crippen LogP contribution in [-0.4, -0.2) is 41.3 Å². The molecule has 9 heteroatoms. The van der Waals surface area contributed by atoms with Crippen molar-refractivity contribution >= 4 is 31.5 Å². The number of nitrogens with zero attached hydrogens (tertiary/aromatic N) is 1. The van der Waals surface area contributed by atoms with Crippen molar-refractivity contribution in [2.45, 2.75) is 37.8 Å². The van der Waals surface area contributed by atoms with Gasteiger partial charge in [0.1, 0.15) is 6.04 Å². The zero-order chi connectivity index (χ0) is 22.0. The quantitative estimate of drug-likeness (QED) is 0.716. The van der Waals surface area contributed by atoms with Gasteiger partial charge < -0.3 is 5.32 Å². The standard InChI is InChI=1S/C20H26N2O5S2/c1-14-7-6-8-18(13-14)22(29(5,26)27)16(3)20(23)21-15(2)17-9-11-19(12-10-17)28(4,24)25/h6-13,15-16H,1-5H3,(H,21,23).